The molecule has 0 N–H and O–H groups in total. The van der Waals surface area contributed by atoms with Crippen molar-refractivity contribution in [3.05, 3.63) is 54.1 Å². The molecule has 3 aliphatic rings. The fourth-order valence-electron chi connectivity index (χ4n) is 4.44. The molecule has 3 aromatic rings. The van der Waals surface area contributed by atoms with Gasteiger partial charge in [0.25, 0.3) is 6.71 Å². The van der Waals surface area contributed by atoms with Crippen LogP contribution in [0.5, 0.6) is 34.5 Å². The van der Waals surface area contributed by atoms with Gasteiger partial charge >= 0.3 is 0 Å². The highest BCUT2D eigenvalue weighted by atomic mass is 16.5. The number of hydrogen-bond donors (Lipinski definition) is 0. The molecule has 3 heterocycles. The van der Waals surface area contributed by atoms with E-state index < -0.39 is 0 Å². The molecule has 3 nitrogen and oxygen atoms in total. The summed E-state index contributed by atoms with van der Waals surface area (Å²) >= 11 is 0. The summed E-state index contributed by atoms with van der Waals surface area (Å²) < 4.78 is 18.9. The Morgan fingerprint density at radius 1 is 0.731 bits per heavy atom. The number of benzene rings is 3. The standard InChI is InChI=1S/C22H17BO3/c1-3-12(2)13-10-11-18-21-22(13)26-17-9-5-8-16-20(17)23(21)19-14(24-16)6-4-7-15(19)25-18/h4-12H,3H2,1-2H3. The van der Waals surface area contributed by atoms with Crippen molar-refractivity contribution in [3.8, 4) is 34.5 Å². The Morgan fingerprint density at radius 3 is 1.85 bits per heavy atom. The van der Waals surface area contributed by atoms with Gasteiger partial charge in [-0.25, -0.2) is 0 Å². The molecule has 3 aromatic carbocycles. The van der Waals surface area contributed by atoms with Crippen LogP contribution in [0.25, 0.3) is 0 Å². The van der Waals surface area contributed by atoms with Crippen LogP contribution in [0.1, 0.15) is 31.7 Å². The highest BCUT2D eigenvalue weighted by Gasteiger charge is 2.46. The van der Waals surface area contributed by atoms with Crippen LogP contribution in [0.2, 0.25) is 0 Å². The van der Waals surface area contributed by atoms with Crippen LogP contribution in [0, 0.1) is 0 Å². The molecule has 0 spiro atoms. The summed E-state index contributed by atoms with van der Waals surface area (Å²) in [5.41, 5.74) is 4.63. The second kappa shape index (κ2) is 4.85. The van der Waals surface area contributed by atoms with Crippen LogP contribution < -0.4 is 30.6 Å². The third-order valence-electron chi connectivity index (χ3n) is 5.90. The van der Waals surface area contributed by atoms with Gasteiger partial charge in [0.2, 0.25) is 0 Å². The predicted octanol–water partition coefficient (Wildman–Crippen LogP) is 4.03. The van der Waals surface area contributed by atoms with Crippen LogP contribution >= 0.6 is 0 Å². The van der Waals surface area contributed by atoms with E-state index in [4.69, 9.17) is 14.2 Å². The Labute approximate surface area is 152 Å². The van der Waals surface area contributed by atoms with Crippen molar-refractivity contribution in [2.75, 3.05) is 0 Å². The van der Waals surface area contributed by atoms with Gasteiger partial charge in [0.1, 0.15) is 34.5 Å². The first kappa shape index (κ1) is 14.3. The van der Waals surface area contributed by atoms with E-state index in [0.29, 0.717) is 5.92 Å². The molecule has 1 atom stereocenters. The number of hydrogen-bond acceptors (Lipinski definition) is 3. The van der Waals surface area contributed by atoms with Gasteiger partial charge in [-0.05, 0) is 48.2 Å². The molecule has 126 valence electrons. The van der Waals surface area contributed by atoms with E-state index >= 15 is 0 Å². The Bertz CT molecular complexity index is 1050. The van der Waals surface area contributed by atoms with E-state index in [2.05, 4.69) is 26.0 Å². The van der Waals surface area contributed by atoms with Crippen molar-refractivity contribution in [1.29, 1.82) is 0 Å². The van der Waals surface area contributed by atoms with Gasteiger partial charge in [-0.1, -0.05) is 32.0 Å². The van der Waals surface area contributed by atoms with E-state index in [1.165, 1.54) is 5.56 Å². The number of ether oxygens (including phenoxy) is 3. The maximum Gasteiger partial charge on any atom is 0.270 e. The van der Waals surface area contributed by atoms with Crippen molar-refractivity contribution < 1.29 is 14.2 Å². The van der Waals surface area contributed by atoms with Crippen molar-refractivity contribution in [2.24, 2.45) is 0 Å². The molecule has 0 aliphatic carbocycles. The molecule has 0 radical (unpaired) electrons. The van der Waals surface area contributed by atoms with Gasteiger partial charge in [0.15, 0.2) is 0 Å². The molecule has 0 aromatic heterocycles. The quantitative estimate of drug-likeness (QED) is 0.446. The maximum absolute atomic E-state index is 6.44. The molecule has 0 amide bonds. The van der Waals surface area contributed by atoms with Crippen LogP contribution in [0.15, 0.2) is 48.5 Å². The Kier molecular flexibility index (Phi) is 2.67. The minimum atomic E-state index is 0.109. The Balaban J connectivity index is 1.72. The van der Waals surface area contributed by atoms with E-state index in [0.717, 1.165) is 57.3 Å². The molecular formula is C22H17BO3. The molecule has 1 unspecified atom stereocenters. The second-order valence-corrected chi connectivity index (χ2v) is 7.28. The molecule has 6 rings (SSSR count). The van der Waals surface area contributed by atoms with Crippen LogP contribution in [-0.2, 0) is 0 Å². The number of rotatable bonds is 2. The molecule has 0 bridgehead atoms. The van der Waals surface area contributed by atoms with E-state index in [9.17, 15) is 0 Å². The van der Waals surface area contributed by atoms with Crippen molar-refractivity contribution >= 4 is 23.1 Å². The Hall–Kier alpha value is -2.88. The van der Waals surface area contributed by atoms with Gasteiger partial charge in [0, 0.05) is 16.4 Å². The zero-order chi connectivity index (χ0) is 17.4. The van der Waals surface area contributed by atoms with Gasteiger partial charge in [-0.15, -0.1) is 0 Å². The largest absolute Gasteiger partial charge is 0.458 e. The Morgan fingerprint density at radius 2 is 1.27 bits per heavy atom. The first-order valence-corrected chi connectivity index (χ1v) is 9.22. The minimum absolute atomic E-state index is 0.109. The zero-order valence-electron chi connectivity index (χ0n) is 14.7. The molecule has 0 saturated carbocycles. The third-order valence-corrected chi connectivity index (χ3v) is 5.90. The van der Waals surface area contributed by atoms with E-state index in [1.807, 2.05) is 36.4 Å². The van der Waals surface area contributed by atoms with Gasteiger partial charge in [-0.3, -0.25) is 0 Å². The summed E-state index contributed by atoms with van der Waals surface area (Å²) in [6.07, 6.45) is 1.07. The molecule has 0 fully saturated rings. The fraction of sp³-hybridized carbons (Fsp3) is 0.182. The van der Waals surface area contributed by atoms with Gasteiger partial charge in [-0.2, -0.15) is 0 Å². The van der Waals surface area contributed by atoms with Gasteiger partial charge < -0.3 is 14.2 Å². The van der Waals surface area contributed by atoms with Crippen molar-refractivity contribution in [3.63, 3.8) is 0 Å². The van der Waals surface area contributed by atoms with Crippen molar-refractivity contribution in [1.82, 2.24) is 0 Å². The summed E-state index contributed by atoms with van der Waals surface area (Å²) in [5, 5.41) is 0. The van der Waals surface area contributed by atoms with E-state index in [-0.39, 0.29) is 6.71 Å². The minimum Gasteiger partial charge on any atom is -0.458 e. The van der Waals surface area contributed by atoms with Crippen molar-refractivity contribution in [2.45, 2.75) is 26.2 Å². The summed E-state index contributed by atoms with van der Waals surface area (Å²) in [4.78, 5) is 0. The van der Waals surface area contributed by atoms with Crippen LogP contribution in [-0.4, -0.2) is 6.71 Å². The monoisotopic (exact) mass is 340 g/mol. The summed E-state index contributed by atoms with van der Waals surface area (Å²) in [6, 6.07) is 16.4. The molecule has 26 heavy (non-hydrogen) atoms. The molecule has 4 heteroatoms. The average molecular weight is 340 g/mol. The van der Waals surface area contributed by atoms with E-state index in [1.54, 1.807) is 0 Å². The first-order valence-electron chi connectivity index (χ1n) is 9.22. The highest BCUT2D eigenvalue weighted by molar-refractivity contribution is 6.99. The third kappa shape index (κ3) is 1.64. The topological polar surface area (TPSA) is 27.7 Å². The molecule has 0 saturated heterocycles. The SMILES string of the molecule is CCC(C)c1ccc2c3c1Oc1cccc4c1B3c1c(cccc1O2)O4. The van der Waals surface area contributed by atoms with Crippen LogP contribution in [0.4, 0.5) is 0 Å². The zero-order valence-corrected chi connectivity index (χ0v) is 14.7. The first-order chi connectivity index (χ1) is 12.8. The second-order valence-electron chi connectivity index (χ2n) is 7.28. The maximum atomic E-state index is 6.44. The average Bonchev–Trinajstić information content (AvgIpc) is 2.67. The normalized spacial score (nSPS) is 15.4. The summed E-state index contributed by atoms with van der Waals surface area (Å²) in [6.45, 7) is 4.57. The predicted molar refractivity (Wildman–Crippen MR) is 103 cm³/mol. The lowest BCUT2D eigenvalue weighted by molar-refractivity contribution is 0.438. The van der Waals surface area contributed by atoms with Gasteiger partial charge in [0.05, 0.1) is 0 Å². The fourth-order valence-corrected chi connectivity index (χ4v) is 4.44. The lowest BCUT2D eigenvalue weighted by atomic mass is 9.33. The highest BCUT2D eigenvalue weighted by Crippen LogP contribution is 2.43. The molecule has 3 aliphatic heterocycles. The lowest BCUT2D eigenvalue weighted by Gasteiger charge is -2.38. The van der Waals surface area contributed by atoms with Crippen LogP contribution in [0.3, 0.4) is 0 Å². The lowest BCUT2D eigenvalue weighted by Crippen LogP contribution is -2.59. The smallest absolute Gasteiger partial charge is 0.270 e. The molecular weight excluding hydrogens is 323 g/mol. The summed E-state index contributed by atoms with van der Waals surface area (Å²) in [7, 11) is 0. The summed E-state index contributed by atoms with van der Waals surface area (Å²) in [5.74, 6) is 5.82.